The van der Waals surface area contributed by atoms with E-state index in [-0.39, 0.29) is 28.8 Å². The largest absolute Gasteiger partial charge is 0.477 e. The molecule has 0 saturated carbocycles. The third-order valence-electron chi connectivity index (χ3n) is 7.40. The Balaban J connectivity index is 1.42. The molecule has 194 valence electrons. The van der Waals surface area contributed by atoms with E-state index in [4.69, 9.17) is 0 Å². The monoisotopic (exact) mass is 515 g/mol. The van der Waals surface area contributed by atoms with Crippen molar-refractivity contribution in [3.63, 3.8) is 0 Å². The molecule has 0 unspecified atom stereocenters. The summed E-state index contributed by atoms with van der Waals surface area (Å²) in [5.74, 6) is -4.25. The molecule has 0 bridgehead atoms. The van der Waals surface area contributed by atoms with E-state index in [0.29, 0.717) is 31.0 Å². The highest BCUT2D eigenvalue weighted by molar-refractivity contribution is 8.03. The average Bonchev–Trinajstić information content (AvgIpc) is 3.35. The van der Waals surface area contributed by atoms with Gasteiger partial charge in [0.25, 0.3) is 5.91 Å². The SMILES string of the molecule is C[C@@H](NC(=O)C(F)F)[C@H]1C(=O)N2C(C(=O)O)=C(S[C@@H]3CN[C@H](C(=O)N4CCN(C)CC4)C3)[C@H](C)[C@H]12. The number of β-lactam (4-membered cyclic amide) rings is 1. The summed E-state index contributed by atoms with van der Waals surface area (Å²) in [6.07, 6.45) is -2.65. The van der Waals surface area contributed by atoms with Crippen molar-refractivity contribution in [2.45, 2.75) is 50.1 Å². The molecule has 3 N–H and O–H groups in total. The number of fused-ring (bicyclic) bond motifs is 1. The zero-order valence-corrected chi connectivity index (χ0v) is 20.7. The van der Waals surface area contributed by atoms with Crippen LogP contribution in [0.1, 0.15) is 20.3 Å². The highest BCUT2D eigenvalue weighted by Gasteiger charge is 2.60. The van der Waals surface area contributed by atoms with Gasteiger partial charge in [-0.15, -0.1) is 11.8 Å². The standard InChI is InChI=1S/C22H31F2N5O5S/c1-10-15-14(11(2)26-19(30)18(23)24)21(32)29(15)16(22(33)34)17(10)35-12-8-13(25-9-12)20(31)28-6-4-27(3)5-7-28/h10-15,18,25H,4-9H2,1-3H3,(H,26,30)(H,33,34)/t10-,11-,12+,13+,14-,15-/m1/s1. The molecule has 3 saturated heterocycles. The van der Waals surface area contributed by atoms with Crippen LogP contribution in [-0.4, -0.2) is 113 Å². The van der Waals surface area contributed by atoms with Crippen LogP contribution in [0.25, 0.3) is 0 Å². The zero-order valence-electron chi connectivity index (χ0n) is 19.9. The van der Waals surface area contributed by atoms with Gasteiger partial charge in [-0.05, 0) is 20.4 Å². The number of hydrogen-bond acceptors (Lipinski definition) is 7. The molecule has 10 nitrogen and oxygen atoms in total. The smallest absolute Gasteiger partial charge is 0.353 e. The van der Waals surface area contributed by atoms with Gasteiger partial charge >= 0.3 is 12.4 Å². The second-order valence-corrected chi connectivity index (χ2v) is 11.0. The molecular formula is C22H31F2N5O5S. The third-order valence-corrected chi connectivity index (χ3v) is 8.91. The summed E-state index contributed by atoms with van der Waals surface area (Å²) in [7, 11) is 2.02. The zero-order chi connectivity index (χ0) is 25.6. The number of thioether (sulfide) groups is 1. The number of piperazine rings is 1. The molecular weight excluding hydrogens is 484 g/mol. The molecule has 0 aromatic carbocycles. The Labute approximate surface area is 206 Å². The fourth-order valence-electron chi connectivity index (χ4n) is 5.48. The van der Waals surface area contributed by atoms with Gasteiger partial charge in [-0.2, -0.15) is 8.78 Å². The molecule has 35 heavy (non-hydrogen) atoms. The lowest BCUT2D eigenvalue weighted by Gasteiger charge is -2.47. The summed E-state index contributed by atoms with van der Waals surface area (Å²) in [6.45, 7) is 6.83. The van der Waals surface area contributed by atoms with E-state index in [2.05, 4.69) is 15.5 Å². The van der Waals surface area contributed by atoms with Crippen molar-refractivity contribution in [2.24, 2.45) is 11.8 Å². The van der Waals surface area contributed by atoms with E-state index in [0.717, 1.165) is 13.1 Å². The summed E-state index contributed by atoms with van der Waals surface area (Å²) in [6, 6.07) is -1.72. The lowest BCUT2D eigenvalue weighted by atomic mass is 9.78. The van der Waals surface area contributed by atoms with Gasteiger partial charge < -0.3 is 30.4 Å². The van der Waals surface area contributed by atoms with Crippen molar-refractivity contribution in [1.82, 2.24) is 25.3 Å². The fourth-order valence-corrected chi connectivity index (χ4v) is 6.96. The number of aliphatic carboxylic acids is 1. The minimum atomic E-state index is -3.19. The molecule has 4 aliphatic rings. The van der Waals surface area contributed by atoms with Gasteiger partial charge in [0.2, 0.25) is 11.8 Å². The van der Waals surface area contributed by atoms with Crippen LogP contribution in [0.5, 0.6) is 0 Å². The second-order valence-electron chi connectivity index (χ2n) is 9.69. The molecule has 0 spiro atoms. The van der Waals surface area contributed by atoms with Gasteiger partial charge in [0.1, 0.15) is 5.70 Å². The number of nitrogens with zero attached hydrogens (tertiary/aromatic N) is 3. The van der Waals surface area contributed by atoms with Crippen LogP contribution in [0.2, 0.25) is 0 Å². The van der Waals surface area contributed by atoms with E-state index in [1.165, 1.54) is 23.6 Å². The number of rotatable bonds is 7. The van der Waals surface area contributed by atoms with Crippen LogP contribution in [0, 0.1) is 11.8 Å². The molecule has 4 rings (SSSR count). The normalized spacial score (nSPS) is 32.1. The molecule has 4 heterocycles. The van der Waals surface area contributed by atoms with Crippen molar-refractivity contribution >= 4 is 35.5 Å². The second kappa shape index (κ2) is 10.0. The van der Waals surface area contributed by atoms with Gasteiger partial charge in [0.15, 0.2) is 0 Å². The molecule has 6 atom stereocenters. The predicted octanol–water partition coefficient (Wildman–Crippen LogP) is -0.233. The lowest BCUT2D eigenvalue weighted by molar-refractivity contribution is -0.159. The first-order valence-corrected chi connectivity index (χ1v) is 12.7. The van der Waals surface area contributed by atoms with Crippen molar-refractivity contribution in [1.29, 1.82) is 0 Å². The van der Waals surface area contributed by atoms with E-state index >= 15 is 0 Å². The number of nitrogens with one attached hydrogen (secondary N) is 2. The maximum Gasteiger partial charge on any atom is 0.353 e. The Morgan fingerprint density at radius 1 is 1.20 bits per heavy atom. The van der Waals surface area contributed by atoms with Crippen LogP contribution < -0.4 is 10.6 Å². The van der Waals surface area contributed by atoms with Crippen LogP contribution in [0.4, 0.5) is 8.78 Å². The van der Waals surface area contributed by atoms with Gasteiger partial charge in [-0.25, -0.2) is 4.79 Å². The molecule has 4 aliphatic heterocycles. The fraction of sp³-hybridized carbons (Fsp3) is 0.727. The van der Waals surface area contributed by atoms with E-state index in [9.17, 15) is 33.1 Å². The average molecular weight is 516 g/mol. The number of carboxylic acids is 1. The molecule has 0 aromatic rings. The van der Waals surface area contributed by atoms with Crippen molar-refractivity contribution in [3.05, 3.63) is 10.6 Å². The van der Waals surface area contributed by atoms with Crippen LogP contribution in [0.3, 0.4) is 0 Å². The first-order chi connectivity index (χ1) is 16.5. The molecule has 0 radical (unpaired) electrons. The van der Waals surface area contributed by atoms with Gasteiger partial charge in [-0.3, -0.25) is 14.4 Å². The topological polar surface area (TPSA) is 122 Å². The van der Waals surface area contributed by atoms with Crippen LogP contribution in [-0.2, 0) is 19.2 Å². The number of carbonyl (C=O) groups excluding carboxylic acids is 3. The summed E-state index contributed by atoms with van der Waals surface area (Å²) in [5, 5.41) is 15.2. The van der Waals surface area contributed by atoms with Crippen molar-refractivity contribution < 1.29 is 33.1 Å². The quantitative estimate of drug-likeness (QED) is 0.398. The van der Waals surface area contributed by atoms with Crippen molar-refractivity contribution in [3.8, 4) is 0 Å². The summed E-state index contributed by atoms with van der Waals surface area (Å²) in [4.78, 5) is 55.1. The predicted molar refractivity (Wildman–Crippen MR) is 123 cm³/mol. The summed E-state index contributed by atoms with van der Waals surface area (Å²) < 4.78 is 25.3. The number of amides is 3. The lowest BCUT2D eigenvalue weighted by Crippen LogP contribution is -2.66. The number of likely N-dealkylation sites (N-methyl/N-ethyl adjacent to an activating group) is 1. The maximum atomic E-state index is 12.9. The number of hydrogen-bond donors (Lipinski definition) is 3. The molecule has 0 aromatic heterocycles. The van der Waals surface area contributed by atoms with Gasteiger partial charge in [-0.1, -0.05) is 6.92 Å². The summed E-state index contributed by atoms with van der Waals surface area (Å²) in [5.41, 5.74) is -0.0880. The minimum Gasteiger partial charge on any atom is -0.477 e. The Bertz CT molecular complexity index is 941. The number of carbonyl (C=O) groups is 4. The summed E-state index contributed by atoms with van der Waals surface area (Å²) >= 11 is 1.37. The number of halogens is 2. The molecule has 3 amide bonds. The molecule has 13 heteroatoms. The highest BCUT2D eigenvalue weighted by atomic mass is 32.2. The van der Waals surface area contributed by atoms with E-state index < -0.39 is 42.2 Å². The number of carboxylic acid groups (broad SMARTS) is 1. The Morgan fingerprint density at radius 2 is 1.86 bits per heavy atom. The van der Waals surface area contributed by atoms with Crippen LogP contribution in [0.15, 0.2) is 10.6 Å². The first-order valence-electron chi connectivity index (χ1n) is 11.8. The van der Waals surface area contributed by atoms with Gasteiger partial charge in [0.05, 0.1) is 18.0 Å². The molecule has 0 aliphatic carbocycles. The van der Waals surface area contributed by atoms with E-state index in [1.807, 2.05) is 18.9 Å². The Hall–Kier alpha value is -2.25. The van der Waals surface area contributed by atoms with Gasteiger partial charge in [0, 0.05) is 54.8 Å². The first kappa shape index (κ1) is 25.8. The van der Waals surface area contributed by atoms with Crippen molar-refractivity contribution in [2.75, 3.05) is 39.8 Å². The Morgan fingerprint density at radius 3 is 2.46 bits per heavy atom. The van der Waals surface area contributed by atoms with E-state index in [1.54, 1.807) is 0 Å². The maximum absolute atomic E-state index is 12.9. The number of alkyl halides is 2. The Kier molecular flexibility index (Phi) is 7.39. The highest BCUT2D eigenvalue weighted by Crippen LogP contribution is 2.51. The molecule has 3 fully saturated rings. The van der Waals surface area contributed by atoms with Crippen LogP contribution >= 0.6 is 11.8 Å². The third kappa shape index (κ3) is 4.77. The minimum absolute atomic E-state index is 0.0496.